The number of urea groups is 1. The molecule has 23 heavy (non-hydrogen) atoms. The minimum atomic E-state index is -0.185. The summed E-state index contributed by atoms with van der Waals surface area (Å²) < 4.78 is 1.89. The first-order valence-corrected chi connectivity index (χ1v) is 7.61. The van der Waals surface area contributed by atoms with Crippen LogP contribution in [-0.2, 0) is 13.6 Å². The van der Waals surface area contributed by atoms with E-state index in [2.05, 4.69) is 11.4 Å². The minimum absolute atomic E-state index is 0.183. The van der Waals surface area contributed by atoms with Crippen LogP contribution in [0.4, 0.5) is 4.79 Å². The topological polar surface area (TPSA) is 61.1 Å². The summed E-state index contributed by atoms with van der Waals surface area (Å²) in [5.41, 5.74) is 2.43. The molecule has 0 bridgehead atoms. The first-order chi connectivity index (χ1) is 10.9. The lowest BCUT2D eigenvalue weighted by Crippen LogP contribution is -2.38. The van der Waals surface area contributed by atoms with Gasteiger partial charge in [-0.1, -0.05) is 23.7 Å². The maximum Gasteiger partial charge on any atom is 0.317 e. The van der Waals surface area contributed by atoms with Crippen molar-refractivity contribution in [2.75, 3.05) is 7.05 Å². The third kappa shape index (κ3) is 4.27. The largest absolute Gasteiger partial charge is 0.351 e. The number of nitriles is 1. The van der Waals surface area contributed by atoms with E-state index in [0.29, 0.717) is 17.1 Å². The van der Waals surface area contributed by atoms with Crippen molar-refractivity contribution in [3.63, 3.8) is 0 Å². The van der Waals surface area contributed by atoms with Gasteiger partial charge in [0.05, 0.1) is 29.2 Å². The molecule has 2 rings (SSSR count). The number of hydrogen-bond donors (Lipinski definition) is 1. The fourth-order valence-electron chi connectivity index (χ4n) is 2.29. The molecule has 0 saturated carbocycles. The van der Waals surface area contributed by atoms with Crippen molar-refractivity contribution in [1.82, 2.24) is 14.8 Å². The standard InChI is InChI=1S/C17H19ClN4O/c1-12(14-6-4-5-13(7-14)9-19)20-17(23)22(3)11-16-8-15(18)10-21(16)2/h4-8,10,12H,11H2,1-3H3,(H,20,23)/t12-/m1/s1. The van der Waals surface area contributed by atoms with E-state index >= 15 is 0 Å². The zero-order valence-electron chi connectivity index (χ0n) is 13.4. The van der Waals surface area contributed by atoms with Crippen LogP contribution in [0.2, 0.25) is 5.02 Å². The van der Waals surface area contributed by atoms with Crippen LogP contribution in [0, 0.1) is 11.3 Å². The molecule has 0 aliphatic heterocycles. The number of aromatic nitrogens is 1. The molecule has 1 heterocycles. The summed E-state index contributed by atoms with van der Waals surface area (Å²) in [6.45, 7) is 2.35. The lowest BCUT2D eigenvalue weighted by molar-refractivity contribution is 0.202. The van der Waals surface area contributed by atoms with Gasteiger partial charge in [0.15, 0.2) is 0 Å². The number of carbonyl (C=O) groups is 1. The van der Waals surface area contributed by atoms with E-state index in [-0.39, 0.29) is 12.1 Å². The van der Waals surface area contributed by atoms with Gasteiger partial charge >= 0.3 is 6.03 Å². The Hall–Kier alpha value is -2.45. The maximum atomic E-state index is 12.3. The number of aryl methyl sites for hydroxylation is 1. The first-order valence-electron chi connectivity index (χ1n) is 7.23. The van der Waals surface area contributed by atoms with Gasteiger partial charge in [0, 0.05) is 26.0 Å². The van der Waals surface area contributed by atoms with Gasteiger partial charge in [-0.2, -0.15) is 5.26 Å². The molecular formula is C17H19ClN4O. The zero-order valence-corrected chi connectivity index (χ0v) is 14.1. The molecule has 1 atom stereocenters. The molecule has 0 aliphatic carbocycles. The Morgan fingerprint density at radius 1 is 1.48 bits per heavy atom. The van der Waals surface area contributed by atoms with E-state index in [1.54, 1.807) is 30.3 Å². The summed E-state index contributed by atoms with van der Waals surface area (Å²) >= 11 is 5.96. The van der Waals surface area contributed by atoms with Crippen molar-refractivity contribution in [2.24, 2.45) is 7.05 Å². The van der Waals surface area contributed by atoms with Gasteiger partial charge in [0.25, 0.3) is 0 Å². The highest BCUT2D eigenvalue weighted by molar-refractivity contribution is 6.30. The van der Waals surface area contributed by atoms with Crippen LogP contribution in [0.1, 0.15) is 29.8 Å². The minimum Gasteiger partial charge on any atom is -0.351 e. The van der Waals surface area contributed by atoms with Crippen molar-refractivity contribution in [3.8, 4) is 6.07 Å². The number of carbonyl (C=O) groups excluding carboxylic acids is 1. The Labute approximate surface area is 141 Å². The highest BCUT2D eigenvalue weighted by atomic mass is 35.5. The molecule has 0 unspecified atom stereocenters. The van der Waals surface area contributed by atoms with Crippen molar-refractivity contribution in [3.05, 3.63) is 58.4 Å². The summed E-state index contributed by atoms with van der Waals surface area (Å²) in [5.74, 6) is 0. The third-order valence-corrected chi connectivity index (χ3v) is 3.88. The van der Waals surface area contributed by atoms with Crippen molar-refractivity contribution >= 4 is 17.6 Å². The highest BCUT2D eigenvalue weighted by Gasteiger charge is 2.15. The van der Waals surface area contributed by atoms with Crippen LogP contribution in [0.5, 0.6) is 0 Å². The first kappa shape index (κ1) is 16.9. The van der Waals surface area contributed by atoms with Gasteiger partial charge in [-0.25, -0.2) is 4.79 Å². The molecule has 1 aromatic carbocycles. The van der Waals surface area contributed by atoms with Crippen molar-refractivity contribution in [2.45, 2.75) is 19.5 Å². The molecule has 0 spiro atoms. The second-order valence-electron chi connectivity index (χ2n) is 5.53. The molecule has 120 valence electrons. The van der Waals surface area contributed by atoms with E-state index in [9.17, 15) is 4.79 Å². The Kier molecular flexibility index (Phi) is 5.30. The molecule has 1 aromatic heterocycles. The molecule has 5 nitrogen and oxygen atoms in total. The Morgan fingerprint density at radius 3 is 2.83 bits per heavy atom. The van der Waals surface area contributed by atoms with Crippen LogP contribution in [0.3, 0.4) is 0 Å². The van der Waals surface area contributed by atoms with E-state index in [4.69, 9.17) is 16.9 Å². The van der Waals surface area contributed by atoms with E-state index in [1.807, 2.05) is 36.7 Å². The van der Waals surface area contributed by atoms with E-state index in [1.165, 1.54) is 0 Å². The lowest BCUT2D eigenvalue weighted by Gasteiger charge is -2.22. The normalized spacial score (nSPS) is 11.6. The maximum absolute atomic E-state index is 12.3. The molecule has 6 heteroatoms. The molecule has 2 amide bonds. The van der Waals surface area contributed by atoms with Crippen LogP contribution < -0.4 is 5.32 Å². The molecule has 0 saturated heterocycles. The van der Waals surface area contributed by atoms with Crippen LogP contribution in [-0.4, -0.2) is 22.5 Å². The van der Waals surface area contributed by atoms with Gasteiger partial charge in [0.1, 0.15) is 0 Å². The predicted octanol–water partition coefficient (Wildman–Crippen LogP) is 3.45. The van der Waals surface area contributed by atoms with E-state index in [0.717, 1.165) is 11.3 Å². The Bertz CT molecular complexity index is 747. The molecule has 0 aliphatic rings. The fraction of sp³-hybridized carbons (Fsp3) is 0.294. The molecule has 2 aromatic rings. The predicted molar refractivity (Wildman–Crippen MR) is 90.0 cm³/mol. The van der Waals surface area contributed by atoms with Crippen LogP contribution in [0.15, 0.2) is 36.5 Å². The molecule has 0 fully saturated rings. The number of halogens is 1. The second-order valence-corrected chi connectivity index (χ2v) is 5.96. The monoisotopic (exact) mass is 330 g/mol. The summed E-state index contributed by atoms with van der Waals surface area (Å²) in [4.78, 5) is 13.9. The molecular weight excluding hydrogens is 312 g/mol. The number of rotatable bonds is 4. The Morgan fingerprint density at radius 2 is 2.22 bits per heavy atom. The molecule has 1 N–H and O–H groups in total. The number of nitrogens with one attached hydrogen (secondary N) is 1. The average molecular weight is 331 g/mol. The number of hydrogen-bond acceptors (Lipinski definition) is 2. The summed E-state index contributed by atoms with van der Waals surface area (Å²) in [5, 5.41) is 12.5. The second kappa shape index (κ2) is 7.21. The molecule has 0 radical (unpaired) electrons. The Balaban J connectivity index is 2.00. The number of benzene rings is 1. The average Bonchev–Trinajstić information content (AvgIpc) is 2.84. The summed E-state index contributed by atoms with van der Waals surface area (Å²) in [6.07, 6.45) is 1.80. The SMILES string of the molecule is C[C@@H](NC(=O)N(C)Cc1cc(Cl)cn1C)c1cccc(C#N)c1. The third-order valence-electron chi connectivity index (χ3n) is 3.68. The van der Waals surface area contributed by atoms with Gasteiger partial charge in [0.2, 0.25) is 0 Å². The van der Waals surface area contributed by atoms with Crippen LogP contribution >= 0.6 is 11.6 Å². The lowest BCUT2D eigenvalue weighted by atomic mass is 10.1. The smallest absolute Gasteiger partial charge is 0.317 e. The quantitative estimate of drug-likeness (QED) is 0.933. The van der Waals surface area contributed by atoms with Crippen molar-refractivity contribution < 1.29 is 4.79 Å². The van der Waals surface area contributed by atoms with E-state index < -0.39 is 0 Å². The van der Waals surface area contributed by atoms with Gasteiger partial charge in [-0.15, -0.1) is 0 Å². The van der Waals surface area contributed by atoms with Gasteiger partial charge in [-0.3, -0.25) is 0 Å². The fourth-order valence-corrected chi connectivity index (χ4v) is 2.57. The van der Waals surface area contributed by atoms with Crippen LogP contribution in [0.25, 0.3) is 0 Å². The number of amides is 2. The van der Waals surface area contributed by atoms with Gasteiger partial charge in [-0.05, 0) is 30.7 Å². The number of nitrogens with zero attached hydrogens (tertiary/aromatic N) is 3. The summed E-state index contributed by atoms with van der Waals surface area (Å²) in [6, 6.07) is 10.8. The summed E-state index contributed by atoms with van der Waals surface area (Å²) in [7, 11) is 3.62. The van der Waals surface area contributed by atoms with Gasteiger partial charge < -0.3 is 14.8 Å². The zero-order chi connectivity index (χ0) is 17.0. The van der Waals surface area contributed by atoms with Crippen molar-refractivity contribution in [1.29, 1.82) is 5.26 Å². The highest BCUT2D eigenvalue weighted by Crippen LogP contribution is 2.16.